The molecule has 0 aliphatic carbocycles. The van der Waals surface area contributed by atoms with E-state index in [1.54, 1.807) is 12.1 Å². The maximum absolute atomic E-state index is 13.1. The number of nitrogens with one attached hydrogen (secondary N) is 1. The maximum atomic E-state index is 13.1. The molecule has 2 aromatic carbocycles. The molecule has 0 amide bonds. The van der Waals surface area contributed by atoms with Crippen molar-refractivity contribution in [3.8, 4) is 17.1 Å². The van der Waals surface area contributed by atoms with Gasteiger partial charge in [0.2, 0.25) is 11.8 Å². The fourth-order valence-corrected chi connectivity index (χ4v) is 2.95. The summed E-state index contributed by atoms with van der Waals surface area (Å²) in [6, 6.07) is 17.6. The van der Waals surface area contributed by atoms with Gasteiger partial charge in [0.05, 0.1) is 17.8 Å². The van der Waals surface area contributed by atoms with Crippen molar-refractivity contribution in [3.63, 3.8) is 0 Å². The summed E-state index contributed by atoms with van der Waals surface area (Å²) < 4.78 is 18.8. The molecule has 2 aromatic heterocycles. The van der Waals surface area contributed by atoms with Crippen LogP contribution in [0.5, 0.6) is 5.88 Å². The topological polar surface area (TPSA) is 86.0 Å². The van der Waals surface area contributed by atoms with E-state index >= 15 is 0 Å². The molecule has 6 nitrogen and oxygen atoms in total. The first-order chi connectivity index (χ1) is 14.1. The summed E-state index contributed by atoms with van der Waals surface area (Å²) in [5.41, 5.74) is 10.4. The van der Waals surface area contributed by atoms with E-state index in [2.05, 4.69) is 15.3 Å². The maximum Gasteiger partial charge on any atom is 0.245 e. The van der Waals surface area contributed by atoms with Crippen molar-refractivity contribution in [2.75, 3.05) is 17.7 Å². The predicted molar refractivity (Wildman–Crippen MR) is 112 cm³/mol. The molecule has 4 aromatic rings. The fourth-order valence-electron chi connectivity index (χ4n) is 2.95. The molecule has 0 unspecified atom stereocenters. The summed E-state index contributed by atoms with van der Waals surface area (Å²) in [5.74, 6) is 0.560. The van der Waals surface area contributed by atoms with Crippen molar-refractivity contribution in [1.29, 1.82) is 0 Å². The summed E-state index contributed by atoms with van der Waals surface area (Å²) >= 11 is 0. The predicted octanol–water partition coefficient (Wildman–Crippen LogP) is 4.42. The molecule has 0 saturated heterocycles. The van der Waals surface area contributed by atoms with E-state index < -0.39 is 0 Å². The van der Waals surface area contributed by atoms with E-state index in [0.29, 0.717) is 41.7 Å². The summed E-state index contributed by atoms with van der Waals surface area (Å²) in [6.07, 6.45) is 0. The van der Waals surface area contributed by atoms with Gasteiger partial charge in [0.1, 0.15) is 5.82 Å². The summed E-state index contributed by atoms with van der Waals surface area (Å²) in [7, 11) is 0. The molecule has 0 aliphatic heterocycles. The number of nitrogens with two attached hydrogens (primary N) is 1. The lowest BCUT2D eigenvalue weighted by atomic mass is 10.1. The molecule has 0 fully saturated rings. The standard InChI is InChI=1S/C22H20FN5O/c1-2-29-21-20-19(11-10-18(26-20)15-4-3-5-17(24)12-15)27-22(28-21)25-13-14-6-8-16(23)9-7-14/h3-12H,2,13,24H2,1H3,(H,25,27,28). The number of nitrogen functional groups attached to an aromatic ring is 1. The summed E-state index contributed by atoms with van der Waals surface area (Å²) in [4.78, 5) is 13.7. The monoisotopic (exact) mass is 389 g/mol. The zero-order chi connectivity index (χ0) is 20.2. The Morgan fingerprint density at radius 2 is 1.83 bits per heavy atom. The second-order valence-corrected chi connectivity index (χ2v) is 6.46. The van der Waals surface area contributed by atoms with Gasteiger partial charge >= 0.3 is 0 Å². The van der Waals surface area contributed by atoms with Gasteiger partial charge in [-0.2, -0.15) is 4.98 Å². The van der Waals surface area contributed by atoms with Crippen molar-refractivity contribution >= 4 is 22.7 Å². The van der Waals surface area contributed by atoms with E-state index in [1.165, 1.54) is 12.1 Å². The highest BCUT2D eigenvalue weighted by molar-refractivity contribution is 5.83. The lowest BCUT2D eigenvalue weighted by Crippen LogP contribution is -2.07. The Labute approximate surface area is 167 Å². The Morgan fingerprint density at radius 1 is 1.00 bits per heavy atom. The highest BCUT2D eigenvalue weighted by Gasteiger charge is 2.12. The van der Waals surface area contributed by atoms with Gasteiger partial charge in [0.15, 0.2) is 5.52 Å². The van der Waals surface area contributed by atoms with Crippen molar-refractivity contribution in [2.45, 2.75) is 13.5 Å². The molecule has 29 heavy (non-hydrogen) atoms. The number of anilines is 2. The van der Waals surface area contributed by atoms with Crippen LogP contribution in [0.3, 0.4) is 0 Å². The van der Waals surface area contributed by atoms with Crippen molar-refractivity contribution in [2.24, 2.45) is 0 Å². The molecule has 0 spiro atoms. The average molecular weight is 389 g/mol. The van der Waals surface area contributed by atoms with Crippen molar-refractivity contribution in [3.05, 3.63) is 72.0 Å². The molecular formula is C22H20FN5O. The Balaban J connectivity index is 1.67. The van der Waals surface area contributed by atoms with Gasteiger partial charge in [-0.1, -0.05) is 24.3 Å². The number of benzene rings is 2. The third-order valence-electron chi connectivity index (χ3n) is 4.34. The molecule has 4 rings (SSSR count). The minimum Gasteiger partial charge on any atom is -0.476 e. The number of nitrogens with zero attached hydrogens (tertiary/aromatic N) is 3. The van der Waals surface area contributed by atoms with Crippen LogP contribution in [0.4, 0.5) is 16.0 Å². The number of aromatic nitrogens is 3. The first kappa shape index (κ1) is 18.6. The lowest BCUT2D eigenvalue weighted by molar-refractivity contribution is 0.330. The molecule has 0 atom stereocenters. The molecule has 0 bridgehead atoms. The Morgan fingerprint density at radius 3 is 2.59 bits per heavy atom. The zero-order valence-corrected chi connectivity index (χ0v) is 15.9. The highest BCUT2D eigenvalue weighted by atomic mass is 19.1. The first-order valence-electron chi connectivity index (χ1n) is 9.28. The van der Waals surface area contributed by atoms with Crippen LogP contribution in [0.2, 0.25) is 0 Å². The normalized spacial score (nSPS) is 10.8. The van der Waals surface area contributed by atoms with Gasteiger partial charge in [-0.15, -0.1) is 0 Å². The van der Waals surface area contributed by atoms with Crippen LogP contribution >= 0.6 is 0 Å². The van der Waals surface area contributed by atoms with E-state index in [4.69, 9.17) is 15.5 Å². The highest BCUT2D eigenvalue weighted by Crippen LogP contribution is 2.27. The second kappa shape index (κ2) is 8.10. The lowest BCUT2D eigenvalue weighted by Gasteiger charge is -2.11. The third-order valence-corrected chi connectivity index (χ3v) is 4.34. The van der Waals surface area contributed by atoms with E-state index in [-0.39, 0.29) is 5.82 Å². The zero-order valence-electron chi connectivity index (χ0n) is 15.9. The minimum absolute atomic E-state index is 0.267. The van der Waals surface area contributed by atoms with Crippen LogP contribution in [0.25, 0.3) is 22.3 Å². The van der Waals surface area contributed by atoms with Crippen LogP contribution < -0.4 is 15.8 Å². The molecule has 0 aliphatic rings. The molecule has 2 heterocycles. The van der Waals surface area contributed by atoms with Crippen LogP contribution in [0, 0.1) is 5.82 Å². The number of pyridine rings is 1. The first-order valence-corrected chi connectivity index (χ1v) is 9.28. The Hall–Kier alpha value is -3.74. The SMILES string of the molecule is CCOc1nc(NCc2ccc(F)cc2)nc2ccc(-c3cccc(N)c3)nc12. The fraction of sp³-hybridized carbons (Fsp3) is 0.136. The number of fused-ring (bicyclic) bond motifs is 1. The molecule has 3 N–H and O–H groups in total. The Kier molecular flexibility index (Phi) is 5.20. The largest absolute Gasteiger partial charge is 0.476 e. The second-order valence-electron chi connectivity index (χ2n) is 6.46. The number of hydrogen-bond donors (Lipinski definition) is 2. The van der Waals surface area contributed by atoms with Crippen molar-refractivity contribution < 1.29 is 9.13 Å². The molecular weight excluding hydrogens is 369 g/mol. The summed E-state index contributed by atoms with van der Waals surface area (Å²) in [5, 5.41) is 3.16. The van der Waals surface area contributed by atoms with Gasteiger partial charge in [-0.25, -0.2) is 14.4 Å². The van der Waals surface area contributed by atoms with Gasteiger partial charge in [-0.05, 0) is 48.9 Å². The average Bonchev–Trinajstić information content (AvgIpc) is 2.73. The number of ether oxygens (including phenoxy) is 1. The van der Waals surface area contributed by atoms with Crippen LogP contribution in [-0.2, 0) is 6.54 Å². The minimum atomic E-state index is -0.267. The molecule has 0 saturated carbocycles. The van der Waals surface area contributed by atoms with Crippen LogP contribution in [0.1, 0.15) is 12.5 Å². The number of hydrogen-bond acceptors (Lipinski definition) is 6. The van der Waals surface area contributed by atoms with Gasteiger partial charge in [0.25, 0.3) is 0 Å². The molecule has 146 valence electrons. The molecule has 7 heteroatoms. The third kappa shape index (κ3) is 4.24. The van der Waals surface area contributed by atoms with E-state index in [1.807, 2.05) is 43.3 Å². The van der Waals surface area contributed by atoms with E-state index in [9.17, 15) is 4.39 Å². The van der Waals surface area contributed by atoms with Gasteiger partial charge in [-0.3, -0.25) is 0 Å². The number of rotatable bonds is 6. The smallest absolute Gasteiger partial charge is 0.245 e. The summed E-state index contributed by atoms with van der Waals surface area (Å²) in [6.45, 7) is 2.81. The van der Waals surface area contributed by atoms with Gasteiger partial charge in [0, 0.05) is 17.8 Å². The Bertz CT molecular complexity index is 1150. The molecule has 0 radical (unpaired) electrons. The van der Waals surface area contributed by atoms with Crippen LogP contribution in [0.15, 0.2) is 60.7 Å². The van der Waals surface area contributed by atoms with E-state index in [0.717, 1.165) is 16.8 Å². The quantitative estimate of drug-likeness (QED) is 0.475. The van der Waals surface area contributed by atoms with Gasteiger partial charge < -0.3 is 15.8 Å². The van der Waals surface area contributed by atoms with Crippen LogP contribution in [-0.4, -0.2) is 21.6 Å². The number of halogens is 1. The van der Waals surface area contributed by atoms with Crippen molar-refractivity contribution in [1.82, 2.24) is 15.0 Å².